The molecule has 1 fully saturated rings. The highest BCUT2D eigenvalue weighted by Crippen LogP contribution is 2.29. The minimum absolute atomic E-state index is 0.236. The molecule has 3 aromatic rings. The van der Waals surface area contributed by atoms with Gasteiger partial charge in [-0.3, -0.25) is 19.3 Å². The van der Waals surface area contributed by atoms with Crippen LogP contribution in [0.15, 0.2) is 29.2 Å². The van der Waals surface area contributed by atoms with E-state index in [1.807, 2.05) is 0 Å². The Bertz CT molecular complexity index is 1130. The van der Waals surface area contributed by atoms with Crippen molar-refractivity contribution >= 4 is 51.8 Å². The molecule has 0 spiro atoms. The molecular weight excluding hydrogens is 407 g/mol. The van der Waals surface area contributed by atoms with E-state index in [0.29, 0.717) is 45.7 Å². The molecule has 0 radical (unpaired) electrons. The molecule has 3 heterocycles. The van der Waals surface area contributed by atoms with Crippen molar-refractivity contribution in [3.05, 3.63) is 44.8 Å². The van der Waals surface area contributed by atoms with Gasteiger partial charge in [0.25, 0.3) is 5.56 Å². The van der Waals surface area contributed by atoms with Gasteiger partial charge in [-0.2, -0.15) is 5.10 Å². The average Bonchev–Trinajstić information content (AvgIpc) is 3.30. The number of hydrogen-bond donors (Lipinski definition) is 3. The highest BCUT2D eigenvalue weighted by atomic mass is 35.5. The maximum Gasteiger partial charge on any atom is 0.320 e. The number of benzene rings is 1. The molecule has 28 heavy (non-hydrogen) atoms. The molecule has 11 heteroatoms. The molecular formula is C17H16Cl2N6O3. The molecule has 0 bridgehead atoms. The number of fused-ring (bicyclic) bond motifs is 1. The number of carboxylic acid groups (broad SMARTS) is 1. The SMILES string of the molecule is CN(c1ccc(Cl)c(Cl)c1)c1nc2cnn(C3CNC(C(=O)O)C3)c2c(=O)[nH]1. The molecule has 1 aromatic carbocycles. The first kappa shape index (κ1) is 18.7. The van der Waals surface area contributed by atoms with Gasteiger partial charge in [0.15, 0.2) is 5.52 Å². The zero-order chi connectivity index (χ0) is 20.0. The number of anilines is 2. The van der Waals surface area contributed by atoms with Gasteiger partial charge in [-0.05, 0) is 24.6 Å². The zero-order valence-corrected chi connectivity index (χ0v) is 16.2. The number of aromatic nitrogens is 4. The third-order valence-electron chi connectivity index (χ3n) is 4.80. The van der Waals surface area contributed by atoms with Crippen molar-refractivity contribution < 1.29 is 9.90 Å². The smallest absolute Gasteiger partial charge is 0.320 e. The Kier molecular flexibility index (Phi) is 4.74. The van der Waals surface area contributed by atoms with Gasteiger partial charge in [0.1, 0.15) is 11.6 Å². The molecule has 4 rings (SSSR count). The van der Waals surface area contributed by atoms with E-state index in [2.05, 4.69) is 20.4 Å². The maximum atomic E-state index is 12.7. The van der Waals surface area contributed by atoms with Crippen molar-refractivity contribution in [3.8, 4) is 0 Å². The van der Waals surface area contributed by atoms with Gasteiger partial charge in [0.2, 0.25) is 5.95 Å². The predicted octanol–water partition coefficient (Wildman–Crippen LogP) is 2.18. The topological polar surface area (TPSA) is 116 Å². The van der Waals surface area contributed by atoms with Crippen LogP contribution in [0.1, 0.15) is 12.5 Å². The Morgan fingerprint density at radius 2 is 2.14 bits per heavy atom. The van der Waals surface area contributed by atoms with Gasteiger partial charge in [-0.25, -0.2) is 4.98 Å². The first-order valence-corrected chi connectivity index (χ1v) is 9.23. The van der Waals surface area contributed by atoms with E-state index in [-0.39, 0.29) is 11.6 Å². The van der Waals surface area contributed by atoms with Gasteiger partial charge in [0.05, 0.1) is 22.3 Å². The third-order valence-corrected chi connectivity index (χ3v) is 5.54. The normalized spacial score (nSPS) is 19.2. The van der Waals surface area contributed by atoms with Gasteiger partial charge in [0, 0.05) is 19.3 Å². The number of carboxylic acids is 1. The lowest BCUT2D eigenvalue weighted by Gasteiger charge is -2.18. The van der Waals surface area contributed by atoms with Crippen LogP contribution >= 0.6 is 23.2 Å². The molecule has 0 aliphatic carbocycles. The lowest BCUT2D eigenvalue weighted by Crippen LogP contribution is -2.29. The fourth-order valence-corrected chi connectivity index (χ4v) is 3.59. The summed E-state index contributed by atoms with van der Waals surface area (Å²) in [6.07, 6.45) is 1.85. The fraction of sp³-hybridized carbons (Fsp3) is 0.294. The molecule has 2 aromatic heterocycles. The highest BCUT2D eigenvalue weighted by Gasteiger charge is 2.32. The standard InChI is InChI=1S/C17H16Cl2N6O3/c1-24(8-2-3-10(18)11(19)4-8)17-22-13-7-21-25(14(13)15(26)23-17)9-5-12(16(27)28)20-6-9/h2-4,7,9,12,20H,5-6H2,1H3,(H,27,28)(H,22,23,26). The fourth-order valence-electron chi connectivity index (χ4n) is 3.30. The summed E-state index contributed by atoms with van der Waals surface area (Å²) < 4.78 is 1.54. The van der Waals surface area contributed by atoms with E-state index in [4.69, 9.17) is 28.3 Å². The summed E-state index contributed by atoms with van der Waals surface area (Å²) in [4.78, 5) is 32.8. The molecule has 2 atom stereocenters. The summed E-state index contributed by atoms with van der Waals surface area (Å²) in [5, 5.41) is 17.2. The molecule has 9 nitrogen and oxygen atoms in total. The van der Waals surface area contributed by atoms with Gasteiger partial charge in [-0.1, -0.05) is 23.2 Å². The highest BCUT2D eigenvalue weighted by molar-refractivity contribution is 6.42. The summed E-state index contributed by atoms with van der Waals surface area (Å²) in [6.45, 7) is 0.415. The molecule has 146 valence electrons. The molecule has 0 saturated carbocycles. The number of rotatable bonds is 4. The van der Waals surface area contributed by atoms with Crippen LogP contribution in [0, 0.1) is 0 Å². The van der Waals surface area contributed by atoms with Crippen molar-refractivity contribution in [1.29, 1.82) is 0 Å². The van der Waals surface area contributed by atoms with E-state index in [0.717, 1.165) is 0 Å². The molecule has 1 aliphatic rings. The molecule has 3 N–H and O–H groups in total. The van der Waals surface area contributed by atoms with Gasteiger partial charge >= 0.3 is 5.97 Å². The quantitative estimate of drug-likeness (QED) is 0.589. The lowest BCUT2D eigenvalue weighted by molar-refractivity contribution is -0.139. The van der Waals surface area contributed by atoms with E-state index in [9.17, 15) is 9.59 Å². The van der Waals surface area contributed by atoms with E-state index in [1.54, 1.807) is 34.8 Å². The van der Waals surface area contributed by atoms with E-state index >= 15 is 0 Å². The number of carbonyl (C=O) groups is 1. The minimum Gasteiger partial charge on any atom is -0.480 e. The average molecular weight is 423 g/mol. The number of nitrogens with zero attached hydrogens (tertiary/aromatic N) is 4. The monoisotopic (exact) mass is 422 g/mol. The summed E-state index contributed by atoms with van der Waals surface area (Å²) in [6, 6.07) is 4.21. The van der Waals surface area contributed by atoms with Crippen molar-refractivity contribution in [2.75, 3.05) is 18.5 Å². The number of halogens is 2. The Morgan fingerprint density at radius 1 is 1.36 bits per heavy atom. The van der Waals surface area contributed by atoms with Crippen LogP contribution in [0.5, 0.6) is 0 Å². The first-order chi connectivity index (χ1) is 13.3. The van der Waals surface area contributed by atoms with Crippen molar-refractivity contribution in [2.24, 2.45) is 0 Å². The Morgan fingerprint density at radius 3 is 2.82 bits per heavy atom. The number of aliphatic carboxylic acids is 1. The number of aromatic amines is 1. The molecule has 1 aliphatic heterocycles. The predicted molar refractivity (Wildman–Crippen MR) is 106 cm³/mol. The second-order valence-electron chi connectivity index (χ2n) is 6.56. The van der Waals surface area contributed by atoms with Crippen LogP contribution < -0.4 is 15.8 Å². The Balaban J connectivity index is 1.69. The van der Waals surface area contributed by atoms with Crippen LogP contribution in [0.2, 0.25) is 10.0 Å². The van der Waals surface area contributed by atoms with Crippen molar-refractivity contribution in [1.82, 2.24) is 25.1 Å². The zero-order valence-electron chi connectivity index (χ0n) is 14.7. The third kappa shape index (κ3) is 3.21. The summed E-state index contributed by atoms with van der Waals surface area (Å²) in [5.41, 5.74) is 1.07. The van der Waals surface area contributed by atoms with Gasteiger partial charge in [-0.15, -0.1) is 0 Å². The summed E-state index contributed by atoms with van der Waals surface area (Å²) in [7, 11) is 1.74. The second kappa shape index (κ2) is 7.08. The van der Waals surface area contributed by atoms with Crippen LogP contribution in [-0.2, 0) is 4.79 Å². The number of nitrogens with one attached hydrogen (secondary N) is 2. The summed E-state index contributed by atoms with van der Waals surface area (Å²) in [5.74, 6) is -0.597. The number of hydrogen-bond acceptors (Lipinski definition) is 6. The van der Waals surface area contributed by atoms with Crippen LogP contribution in [0.4, 0.5) is 11.6 Å². The van der Waals surface area contributed by atoms with Gasteiger partial charge < -0.3 is 15.3 Å². The molecule has 1 saturated heterocycles. The number of H-pyrrole nitrogens is 1. The molecule has 0 amide bonds. The second-order valence-corrected chi connectivity index (χ2v) is 7.37. The molecule has 2 unspecified atom stereocenters. The van der Waals surface area contributed by atoms with Crippen LogP contribution in [0.25, 0.3) is 11.0 Å². The Hall–Kier alpha value is -2.62. The lowest BCUT2D eigenvalue weighted by atomic mass is 10.2. The Labute approximate surface area is 168 Å². The van der Waals surface area contributed by atoms with E-state index in [1.165, 1.54) is 6.20 Å². The maximum absolute atomic E-state index is 12.7. The van der Waals surface area contributed by atoms with E-state index < -0.39 is 12.0 Å². The largest absolute Gasteiger partial charge is 0.480 e. The minimum atomic E-state index is -0.920. The van der Waals surface area contributed by atoms with Crippen LogP contribution in [-0.4, -0.2) is 50.5 Å². The first-order valence-electron chi connectivity index (χ1n) is 8.47. The van der Waals surface area contributed by atoms with Crippen LogP contribution in [0.3, 0.4) is 0 Å². The summed E-state index contributed by atoms with van der Waals surface area (Å²) >= 11 is 12.0. The van der Waals surface area contributed by atoms with Crippen molar-refractivity contribution in [3.63, 3.8) is 0 Å². The van der Waals surface area contributed by atoms with Crippen molar-refractivity contribution in [2.45, 2.75) is 18.5 Å².